The molecule has 4 nitrogen and oxygen atoms in total. The fraction of sp³-hybridized carbons (Fsp3) is 0.462. The summed E-state index contributed by atoms with van der Waals surface area (Å²) in [5, 5.41) is 0. The Morgan fingerprint density at radius 2 is 1.90 bits per heavy atom. The van der Waals surface area contributed by atoms with E-state index >= 15 is 0 Å². The zero-order valence-electron chi connectivity index (χ0n) is 11.5. The van der Waals surface area contributed by atoms with Crippen molar-refractivity contribution in [3.63, 3.8) is 0 Å². The van der Waals surface area contributed by atoms with Crippen molar-refractivity contribution in [2.75, 3.05) is 13.7 Å². The number of hydrogen-bond acceptors (Lipinski definition) is 5. The Morgan fingerprint density at radius 3 is 2.38 bits per heavy atom. The van der Waals surface area contributed by atoms with Crippen molar-refractivity contribution in [1.82, 2.24) is 0 Å². The molecule has 0 N–H and O–H groups in total. The Labute approximate surface area is 124 Å². The third kappa shape index (κ3) is 6.72. The molecule has 1 aromatic carbocycles. The van der Waals surface area contributed by atoms with Crippen LogP contribution in [-0.2, 0) is 20.7 Å². The fourth-order valence-electron chi connectivity index (χ4n) is 1.49. The molecule has 0 radical (unpaired) electrons. The molecule has 0 spiro atoms. The van der Waals surface area contributed by atoms with E-state index in [0.29, 0.717) is 0 Å². The van der Waals surface area contributed by atoms with Gasteiger partial charge < -0.3 is 13.7 Å². The van der Waals surface area contributed by atoms with E-state index in [4.69, 9.17) is 9.47 Å². The number of methoxy groups -OCH3 is 1. The van der Waals surface area contributed by atoms with Gasteiger partial charge >= 0.3 is 11.5 Å². The smallest absolute Gasteiger partial charge is 0.464 e. The largest absolute Gasteiger partial charge is 0.479 e. The second-order valence-electron chi connectivity index (χ2n) is 3.94. The number of carbonyl (C=O) groups excluding carboxylic acids is 1. The van der Waals surface area contributed by atoms with Crippen LogP contribution < -0.4 is 4.18 Å². The van der Waals surface area contributed by atoms with Crippen LogP contribution in [0, 0.1) is 0 Å². The molecule has 0 aliphatic heterocycles. The molecular formula is C13H15F3O4S. The van der Waals surface area contributed by atoms with Gasteiger partial charge in [0.25, 0.3) is 0 Å². The lowest BCUT2D eigenvalue weighted by Gasteiger charge is -2.14. The summed E-state index contributed by atoms with van der Waals surface area (Å²) in [7, 11) is 1.39. The van der Waals surface area contributed by atoms with Crippen molar-refractivity contribution < 1.29 is 31.6 Å². The lowest BCUT2D eigenvalue weighted by molar-refractivity contribution is -0.154. The zero-order valence-corrected chi connectivity index (χ0v) is 12.3. The molecule has 118 valence electrons. The fourth-order valence-corrected chi connectivity index (χ4v) is 1.79. The van der Waals surface area contributed by atoms with Gasteiger partial charge in [-0.3, -0.25) is 0 Å². The van der Waals surface area contributed by atoms with Gasteiger partial charge in [0.2, 0.25) is 0 Å². The first-order valence-corrected chi connectivity index (χ1v) is 6.80. The predicted octanol–water partition coefficient (Wildman–Crippen LogP) is 3.35. The predicted molar refractivity (Wildman–Crippen MR) is 71.9 cm³/mol. The molecule has 1 unspecified atom stereocenters. The highest BCUT2D eigenvalue weighted by atomic mass is 32.2. The van der Waals surface area contributed by atoms with Crippen LogP contribution in [0.15, 0.2) is 24.3 Å². The molecule has 1 aromatic rings. The number of hydrogen-bond donors (Lipinski definition) is 0. The highest BCUT2D eigenvalue weighted by Gasteiger charge is 2.31. The van der Waals surface area contributed by atoms with Gasteiger partial charge in [-0.1, -0.05) is 12.1 Å². The summed E-state index contributed by atoms with van der Waals surface area (Å²) >= 11 is -0.576. The van der Waals surface area contributed by atoms with Crippen molar-refractivity contribution in [2.24, 2.45) is 0 Å². The highest BCUT2D eigenvalue weighted by molar-refractivity contribution is 7.95. The summed E-state index contributed by atoms with van der Waals surface area (Å²) in [4.78, 5) is 11.6. The van der Waals surface area contributed by atoms with Crippen molar-refractivity contribution in [3.8, 4) is 5.75 Å². The van der Waals surface area contributed by atoms with Crippen LogP contribution in [0.25, 0.3) is 0 Å². The maximum Gasteiger partial charge on any atom is 0.479 e. The molecule has 0 aliphatic rings. The van der Waals surface area contributed by atoms with Gasteiger partial charge in [0.05, 0.1) is 6.61 Å². The SMILES string of the molecule is CCOC(=O)C(Cc1ccc(OSC(F)(F)F)cc1)OC. The van der Waals surface area contributed by atoms with Gasteiger partial charge in [-0.2, -0.15) is 13.2 Å². The van der Waals surface area contributed by atoms with E-state index in [1.165, 1.54) is 19.2 Å². The summed E-state index contributed by atoms with van der Waals surface area (Å²) in [5.41, 5.74) is -3.73. The maximum atomic E-state index is 12.0. The quantitative estimate of drug-likeness (QED) is 0.568. The molecule has 0 saturated heterocycles. The Hall–Kier alpha value is -1.41. The van der Waals surface area contributed by atoms with E-state index in [9.17, 15) is 18.0 Å². The molecule has 8 heteroatoms. The molecule has 21 heavy (non-hydrogen) atoms. The average Bonchev–Trinajstić information content (AvgIpc) is 2.43. The van der Waals surface area contributed by atoms with Gasteiger partial charge in [0, 0.05) is 13.5 Å². The normalized spacial score (nSPS) is 12.8. The Balaban J connectivity index is 2.59. The van der Waals surface area contributed by atoms with Gasteiger partial charge in [0.15, 0.2) is 18.1 Å². The standard InChI is InChI=1S/C13H15F3O4S/c1-3-19-12(17)11(18-2)8-9-4-6-10(7-5-9)20-21-13(14,15)16/h4-7,11H,3,8H2,1-2H3. The molecule has 1 rings (SSSR count). The van der Waals surface area contributed by atoms with E-state index in [1.807, 2.05) is 0 Å². The highest BCUT2D eigenvalue weighted by Crippen LogP contribution is 2.32. The molecule has 1 atom stereocenters. The van der Waals surface area contributed by atoms with Crippen molar-refractivity contribution in [2.45, 2.75) is 25.0 Å². The number of halogens is 3. The van der Waals surface area contributed by atoms with Gasteiger partial charge in [-0.25, -0.2) is 4.79 Å². The van der Waals surface area contributed by atoms with Crippen molar-refractivity contribution >= 4 is 18.0 Å². The van der Waals surface area contributed by atoms with Crippen molar-refractivity contribution in [3.05, 3.63) is 29.8 Å². The zero-order chi connectivity index (χ0) is 15.9. The van der Waals surface area contributed by atoms with Crippen LogP contribution in [0.4, 0.5) is 13.2 Å². The van der Waals surface area contributed by atoms with Crippen LogP contribution in [0.5, 0.6) is 5.75 Å². The second-order valence-corrected chi connectivity index (χ2v) is 4.73. The third-order valence-corrected chi connectivity index (χ3v) is 2.88. The van der Waals surface area contributed by atoms with E-state index in [-0.39, 0.29) is 18.8 Å². The van der Waals surface area contributed by atoms with Gasteiger partial charge in [0.1, 0.15) is 5.75 Å². The first-order valence-electron chi connectivity index (χ1n) is 6.06. The Kier molecular flexibility index (Phi) is 6.83. The lowest BCUT2D eigenvalue weighted by Crippen LogP contribution is -2.27. The van der Waals surface area contributed by atoms with E-state index in [1.54, 1.807) is 19.1 Å². The minimum atomic E-state index is -4.45. The summed E-state index contributed by atoms with van der Waals surface area (Å²) in [6.45, 7) is 1.94. The molecule has 0 amide bonds. The summed E-state index contributed by atoms with van der Waals surface area (Å²) in [5.74, 6) is -0.404. The number of alkyl halides is 3. The molecule has 0 saturated carbocycles. The summed E-state index contributed by atoms with van der Waals surface area (Å²) in [6.07, 6.45) is -0.483. The van der Waals surface area contributed by atoms with Crippen LogP contribution in [0.1, 0.15) is 12.5 Å². The topological polar surface area (TPSA) is 44.8 Å². The summed E-state index contributed by atoms with van der Waals surface area (Å²) < 4.78 is 50.3. The number of esters is 1. The molecule has 0 bridgehead atoms. The first-order chi connectivity index (χ1) is 9.85. The van der Waals surface area contributed by atoms with E-state index in [2.05, 4.69) is 4.18 Å². The minimum Gasteiger partial charge on any atom is -0.464 e. The maximum absolute atomic E-state index is 12.0. The Morgan fingerprint density at radius 1 is 1.29 bits per heavy atom. The molecule has 0 heterocycles. The van der Waals surface area contributed by atoms with E-state index < -0.39 is 29.6 Å². The first kappa shape index (κ1) is 17.6. The average molecular weight is 324 g/mol. The van der Waals surface area contributed by atoms with Crippen LogP contribution >= 0.6 is 12.0 Å². The second kappa shape index (κ2) is 8.14. The summed E-state index contributed by atoms with van der Waals surface area (Å²) in [6, 6.07) is 5.92. The van der Waals surface area contributed by atoms with Gasteiger partial charge in [-0.05, 0) is 24.6 Å². The molecule has 0 fully saturated rings. The lowest BCUT2D eigenvalue weighted by atomic mass is 10.1. The molecular weight excluding hydrogens is 309 g/mol. The Bertz CT molecular complexity index is 448. The number of carbonyl (C=O) groups is 1. The van der Waals surface area contributed by atoms with Gasteiger partial charge in [-0.15, -0.1) is 0 Å². The van der Waals surface area contributed by atoms with Crippen LogP contribution in [0.2, 0.25) is 0 Å². The third-order valence-electron chi connectivity index (χ3n) is 2.41. The minimum absolute atomic E-state index is 0.0752. The van der Waals surface area contributed by atoms with E-state index in [0.717, 1.165) is 5.56 Å². The number of ether oxygens (including phenoxy) is 2. The number of benzene rings is 1. The monoisotopic (exact) mass is 324 g/mol. The molecule has 0 aromatic heterocycles. The van der Waals surface area contributed by atoms with Crippen LogP contribution in [-0.4, -0.2) is 31.3 Å². The van der Waals surface area contributed by atoms with Crippen LogP contribution in [0.3, 0.4) is 0 Å². The number of rotatable bonds is 7. The molecule has 0 aliphatic carbocycles. The van der Waals surface area contributed by atoms with Crippen molar-refractivity contribution in [1.29, 1.82) is 0 Å².